The Hall–Kier alpha value is -0.980. The molecular formula is C6H12N4O2S. The zero-order valence-electron chi connectivity index (χ0n) is 7.80. The molecule has 0 unspecified atom stereocenters. The van der Waals surface area contributed by atoms with Crippen LogP contribution < -0.4 is 0 Å². The van der Waals surface area contributed by atoms with Crippen LogP contribution in [0.15, 0.2) is 5.16 Å². The summed E-state index contributed by atoms with van der Waals surface area (Å²) in [7, 11) is -3.31. The molecule has 0 atom stereocenters. The second-order valence-electron chi connectivity index (χ2n) is 3.31. The molecule has 13 heavy (non-hydrogen) atoms. The fourth-order valence-electron chi connectivity index (χ4n) is 0.922. The van der Waals surface area contributed by atoms with E-state index in [9.17, 15) is 8.42 Å². The van der Waals surface area contributed by atoms with Gasteiger partial charge in [-0.05, 0) is 16.3 Å². The largest absolute Gasteiger partial charge is 0.267 e. The summed E-state index contributed by atoms with van der Waals surface area (Å²) in [5.74, 6) is 0.309. The minimum atomic E-state index is -3.31. The fourth-order valence-corrected chi connectivity index (χ4v) is 1.60. The van der Waals surface area contributed by atoms with Crippen molar-refractivity contribution < 1.29 is 8.42 Å². The first-order chi connectivity index (χ1) is 5.91. The third-order valence-electron chi connectivity index (χ3n) is 1.37. The van der Waals surface area contributed by atoms with Gasteiger partial charge in [0.1, 0.15) is 0 Å². The van der Waals surface area contributed by atoms with E-state index < -0.39 is 9.84 Å². The van der Waals surface area contributed by atoms with Gasteiger partial charge in [0.2, 0.25) is 9.84 Å². The zero-order valence-corrected chi connectivity index (χ0v) is 8.61. The van der Waals surface area contributed by atoms with Gasteiger partial charge in [-0.25, -0.2) is 13.1 Å². The standard InChI is InChI=1S/C6H12N4O2S/c1-5(2)4-10-6(7-8-9-10)13(3,11)12/h5H,4H2,1-3H3. The number of hydrogen-bond donors (Lipinski definition) is 0. The summed E-state index contributed by atoms with van der Waals surface area (Å²) < 4.78 is 23.6. The third-order valence-corrected chi connectivity index (χ3v) is 2.32. The number of sulfone groups is 1. The molecule has 0 aliphatic carbocycles. The topological polar surface area (TPSA) is 77.7 Å². The Morgan fingerprint density at radius 1 is 1.46 bits per heavy atom. The fraction of sp³-hybridized carbons (Fsp3) is 0.833. The van der Waals surface area contributed by atoms with Gasteiger partial charge in [-0.2, -0.15) is 0 Å². The van der Waals surface area contributed by atoms with Crippen molar-refractivity contribution in [2.75, 3.05) is 6.26 Å². The average molecular weight is 204 g/mol. The van der Waals surface area contributed by atoms with E-state index in [1.54, 1.807) is 0 Å². The molecule has 1 rings (SSSR count). The molecule has 0 radical (unpaired) electrons. The van der Waals surface area contributed by atoms with Gasteiger partial charge in [0.25, 0.3) is 5.16 Å². The van der Waals surface area contributed by atoms with Crippen LogP contribution in [0.4, 0.5) is 0 Å². The van der Waals surface area contributed by atoms with E-state index in [1.165, 1.54) is 4.68 Å². The number of aromatic nitrogens is 4. The van der Waals surface area contributed by atoms with Crippen LogP contribution in [0.25, 0.3) is 0 Å². The maximum Gasteiger partial charge on any atom is 0.267 e. The second kappa shape index (κ2) is 3.41. The Kier molecular flexibility index (Phi) is 2.65. The molecule has 0 N–H and O–H groups in total. The van der Waals surface area contributed by atoms with Gasteiger partial charge in [0, 0.05) is 12.8 Å². The first-order valence-corrected chi connectivity index (χ1v) is 5.76. The molecule has 0 spiro atoms. The lowest BCUT2D eigenvalue weighted by Crippen LogP contribution is -2.13. The predicted octanol–water partition coefficient (Wildman–Crippen LogP) is -0.267. The number of hydrogen-bond acceptors (Lipinski definition) is 5. The highest BCUT2D eigenvalue weighted by molar-refractivity contribution is 7.90. The van der Waals surface area contributed by atoms with Crippen molar-refractivity contribution in [1.29, 1.82) is 0 Å². The van der Waals surface area contributed by atoms with Gasteiger partial charge in [-0.3, -0.25) is 0 Å². The molecule has 0 amide bonds. The lowest BCUT2D eigenvalue weighted by Gasteiger charge is -2.04. The highest BCUT2D eigenvalue weighted by atomic mass is 32.2. The Bertz CT molecular complexity index is 381. The van der Waals surface area contributed by atoms with Crippen molar-refractivity contribution in [1.82, 2.24) is 20.2 Å². The van der Waals surface area contributed by atoms with Crippen LogP contribution in [0.1, 0.15) is 13.8 Å². The van der Waals surface area contributed by atoms with Crippen molar-refractivity contribution in [3.05, 3.63) is 0 Å². The zero-order chi connectivity index (χ0) is 10.1. The molecule has 0 aromatic carbocycles. The van der Waals surface area contributed by atoms with E-state index >= 15 is 0 Å². The van der Waals surface area contributed by atoms with E-state index in [2.05, 4.69) is 15.5 Å². The van der Waals surface area contributed by atoms with Crippen LogP contribution >= 0.6 is 0 Å². The van der Waals surface area contributed by atoms with E-state index in [1.807, 2.05) is 13.8 Å². The van der Waals surface area contributed by atoms with E-state index in [0.717, 1.165) is 6.26 Å². The Labute approximate surface area is 76.9 Å². The lowest BCUT2D eigenvalue weighted by atomic mass is 10.2. The highest BCUT2D eigenvalue weighted by Gasteiger charge is 2.17. The normalized spacial score (nSPS) is 12.3. The summed E-state index contributed by atoms with van der Waals surface area (Å²) in [6.07, 6.45) is 1.09. The number of nitrogens with zero attached hydrogens (tertiary/aromatic N) is 4. The summed E-state index contributed by atoms with van der Waals surface area (Å²) in [5.41, 5.74) is 0. The van der Waals surface area contributed by atoms with Gasteiger partial charge in [0.15, 0.2) is 0 Å². The van der Waals surface area contributed by atoms with Crippen LogP contribution in [0.5, 0.6) is 0 Å². The van der Waals surface area contributed by atoms with Gasteiger partial charge < -0.3 is 0 Å². The molecule has 0 aliphatic heterocycles. The minimum absolute atomic E-state index is 0.0683. The Balaban J connectivity index is 3.04. The van der Waals surface area contributed by atoms with E-state index in [0.29, 0.717) is 12.5 Å². The number of rotatable bonds is 3. The molecule has 7 heteroatoms. The monoisotopic (exact) mass is 204 g/mol. The molecule has 1 aromatic rings. The van der Waals surface area contributed by atoms with Gasteiger partial charge in [0.05, 0.1) is 0 Å². The van der Waals surface area contributed by atoms with E-state index in [4.69, 9.17) is 0 Å². The van der Waals surface area contributed by atoms with Gasteiger partial charge in [-0.15, -0.1) is 0 Å². The molecular weight excluding hydrogens is 192 g/mol. The van der Waals surface area contributed by atoms with Crippen molar-refractivity contribution in [2.24, 2.45) is 5.92 Å². The average Bonchev–Trinajstić information content (AvgIpc) is 2.31. The van der Waals surface area contributed by atoms with Crippen LogP contribution in [0, 0.1) is 5.92 Å². The smallest absolute Gasteiger partial charge is 0.221 e. The summed E-state index contributed by atoms with van der Waals surface area (Å²) in [6.45, 7) is 4.44. The second-order valence-corrected chi connectivity index (χ2v) is 5.22. The Morgan fingerprint density at radius 3 is 2.54 bits per heavy atom. The summed E-state index contributed by atoms with van der Waals surface area (Å²) >= 11 is 0. The van der Waals surface area contributed by atoms with Crippen molar-refractivity contribution in [3.8, 4) is 0 Å². The molecule has 0 saturated heterocycles. The van der Waals surface area contributed by atoms with Crippen molar-refractivity contribution >= 4 is 9.84 Å². The van der Waals surface area contributed by atoms with Crippen LogP contribution in [-0.4, -0.2) is 34.9 Å². The maximum atomic E-state index is 11.1. The molecule has 0 fully saturated rings. The lowest BCUT2D eigenvalue weighted by molar-refractivity contribution is 0.439. The summed E-state index contributed by atoms with van der Waals surface area (Å²) in [4.78, 5) is 0. The van der Waals surface area contributed by atoms with E-state index in [-0.39, 0.29) is 5.16 Å². The Morgan fingerprint density at radius 2 is 2.08 bits per heavy atom. The van der Waals surface area contributed by atoms with Gasteiger partial charge >= 0.3 is 0 Å². The molecule has 74 valence electrons. The molecule has 0 bridgehead atoms. The summed E-state index contributed by atoms with van der Waals surface area (Å²) in [6, 6.07) is 0. The predicted molar refractivity (Wildman–Crippen MR) is 45.8 cm³/mol. The molecule has 0 aliphatic rings. The first kappa shape index (κ1) is 10.1. The maximum absolute atomic E-state index is 11.1. The number of tetrazole rings is 1. The molecule has 6 nitrogen and oxygen atoms in total. The third kappa shape index (κ3) is 2.48. The molecule has 1 heterocycles. The summed E-state index contributed by atoms with van der Waals surface area (Å²) in [5, 5.41) is 10.3. The SMILES string of the molecule is CC(C)Cn1nnnc1S(C)(=O)=O. The van der Waals surface area contributed by atoms with Crippen molar-refractivity contribution in [3.63, 3.8) is 0 Å². The molecule has 0 saturated carbocycles. The minimum Gasteiger partial charge on any atom is -0.221 e. The van der Waals surface area contributed by atoms with Gasteiger partial charge in [-0.1, -0.05) is 18.9 Å². The first-order valence-electron chi connectivity index (χ1n) is 3.87. The van der Waals surface area contributed by atoms with Crippen LogP contribution in [0.2, 0.25) is 0 Å². The van der Waals surface area contributed by atoms with Crippen molar-refractivity contribution in [2.45, 2.75) is 25.5 Å². The van der Waals surface area contributed by atoms with Crippen LogP contribution in [-0.2, 0) is 16.4 Å². The highest BCUT2D eigenvalue weighted by Crippen LogP contribution is 2.05. The quantitative estimate of drug-likeness (QED) is 0.677. The van der Waals surface area contributed by atoms with Crippen LogP contribution in [0.3, 0.4) is 0 Å². The molecule has 1 aromatic heterocycles.